The predicted octanol–water partition coefficient (Wildman–Crippen LogP) is 5.24. The Labute approximate surface area is 165 Å². The molecule has 0 unspecified atom stereocenters. The van der Waals surface area contributed by atoms with Crippen molar-refractivity contribution in [2.24, 2.45) is 0 Å². The smallest absolute Gasteiger partial charge is 0.123 e. The van der Waals surface area contributed by atoms with E-state index in [1.165, 1.54) is 6.08 Å². The summed E-state index contributed by atoms with van der Waals surface area (Å²) >= 11 is 0. The first-order valence-electron chi connectivity index (χ1n) is 8.84. The highest BCUT2D eigenvalue weighted by atomic mass is 16.5. The Morgan fingerprint density at radius 3 is 2.14 bits per heavy atom. The molecule has 3 aromatic rings. The standard InChI is InChI=1S/C24H21NO3/c1-26-22-14-20(15-23(16-22)27-2)24(11-12-25)19-9-6-10-21(13-19)28-17-18-7-4-3-5-8-18/h3-11,13-16H,17H2,1-2H3/b24-11+. The highest BCUT2D eigenvalue weighted by Gasteiger charge is 2.10. The van der Waals surface area contributed by atoms with E-state index >= 15 is 0 Å². The Balaban J connectivity index is 1.91. The van der Waals surface area contributed by atoms with E-state index in [9.17, 15) is 5.26 Å². The molecule has 0 aliphatic rings. The molecule has 3 rings (SSSR count). The molecule has 0 aromatic heterocycles. The number of nitrogens with zero attached hydrogens (tertiary/aromatic N) is 1. The number of allylic oxidation sites excluding steroid dienone is 1. The van der Waals surface area contributed by atoms with Crippen molar-refractivity contribution >= 4 is 5.57 Å². The van der Waals surface area contributed by atoms with Crippen LogP contribution in [0.3, 0.4) is 0 Å². The van der Waals surface area contributed by atoms with Gasteiger partial charge in [-0.2, -0.15) is 5.26 Å². The van der Waals surface area contributed by atoms with Gasteiger partial charge in [0.1, 0.15) is 23.9 Å². The van der Waals surface area contributed by atoms with Crippen LogP contribution in [0.25, 0.3) is 5.57 Å². The normalized spacial score (nSPS) is 10.8. The lowest BCUT2D eigenvalue weighted by atomic mass is 9.97. The SMILES string of the molecule is COc1cc(OC)cc(/C(=C/C#N)c2cccc(OCc3ccccc3)c2)c1. The van der Waals surface area contributed by atoms with Crippen molar-refractivity contribution in [3.8, 4) is 23.3 Å². The molecule has 0 aliphatic carbocycles. The maximum atomic E-state index is 9.31. The highest BCUT2D eigenvalue weighted by Crippen LogP contribution is 2.32. The van der Waals surface area contributed by atoms with Crippen molar-refractivity contribution in [2.75, 3.05) is 14.2 Å². The second kappa shape index (κ2) is 9.29. The van der Waals surface area contributed by atoms with Crippen LogP contribution >= 0.6 is 0 Å². The number of ether oxygens (including phenoxy) is 3. The van der Waals surface area contributed by atoms with E-state index in [1.54, 1.807) is 20.3 Å². The molecule has 0 spiro atoms. The van der Waals surface area contributed by atoms with Gasteiger partial charge in [0.2, 0.25) is 0 Å². The van der Waals surface area contributed by atoms with Gasteiger partial charge in [-0.15, -0.1) is 0 Å². The third-order valence-corrected chi connectivity index (χ3v) is 4.26. The van der Waals surface area contributed by atoms with Gasteiger partial charge >= 0.3 is 0 Å². The first kappa shape index (κ1) is 19.1. The quantitative estimate of drug-likeness (QED) is 0.533. The molecule has 0 bridgehead atoms. The summed E-state index contributed by atoms with van der Waals surface area (Å²) < 4.78 is 16.6. The molecular weight excluding hydrogens is 350 g/mol. The molecule has 4 heteroatoms. The highest BCUT2D eigenvalue weighted by molar-refractivity contribution is 5.82. The Morgan fingerprint density at radius 2 is 1.50 bits per heavy atom. The zero-order valence-corrected chi connectivity index (χ0v) is 15.9. The summed E-state index contributed by atoms with van der Waals surface area (Å²) in [7, 11) is 3.20. The average molecular weight is 371 g/mol. The topological polar surface area (TPSA) is 51.5 Å². The van der Waals surface area contributed by atoms with E-state index in [0.717, 1.165) is 28.0 Å². The third-order valence-electron chi connectivity index (χ3n) is 4.26. The zero-order chi connectivity index (χ0) is 19.8. The van der Waals surface area contributed by atoms with E-state index in [1.807, 2.05) is 66.7 Å². The van der Waals surface area contributed by atoms with Crippen LogP contribution in [0.15, 0.2) is 78.9 Å². The van der Waals surface area contributed by atoms with Crippen molar-refractivity contribution in [3.63, 3.8) is 0 Å². The van der Waals surface area contributed by atoms with Crippen molar-refractivity contribution in [2.45, 2.75) is 6.61 Å². The summed E-state index contributed by atoms with van der Waals surface area (Å²) in [6.07, 6.45) is 1.52. The van der Waals surface area contributed by atoms with E-state index in [2.05, 4.69) is 6.07 Å². The molecule has 0 radical (unpaired) electrons. The van der Waals surface area contributed by atoms with Crippen LogP contribution in [0, 0.1) is 11.3 Å². The monoisotopic (exact) mass is 371 g/mol. The Kier molecular flexibility index (Phi) is 6.33. The minimum absolute atomic E-state index is 0.481. The zero-order valence-electron chi connectivity index (χ0n) is 15.9. The number of hydrogen-bond donors (Lipinski definition) is 0. The molecule has 0 aliphatic heterocycles. The van der Waals surface area contributed by atoms with Crippen LogP contribution in [-0.4, -0.2) is 14.2 Å². The van der Waals surface area contributed by atoms with E-state index in [4.69, 9.17) is 14.2 Å². The lowest BCUT2D eigenvalue weighted by Gasteiger charge is -2.13. The fraction of sp³-hybridized carbons (Fsp3) is 0.125. The fourth-order valence-corrected chi connectivity index (χ4v) is 2.86. The number of rotatable bonds is 7. The summed E-state index contributed by atoms with van der Waals surface area (Å²) in [6, 6.07) is 25.4. The number of benzene rings is 3. The van der Waals surface area contributed by atoms with Gasteiger partial charge in [-0.3, -0.25) is 0 Å². The minimum atomic E-state index is 0.481. The maximum Gasteiger partial charge on any atom is 0.123 e. The number of hydrogen-bond acceptors (Lipinski definition) is 4. The summed E-state index contributed by atoms with van der Waals surface area (Å²) in [5.74, 6) is 2.06. The molecule has 4 nitrogen and oxygen atoms in total. The Bertz CT molecular complexity index is 982. The van der Waals surface area contributed by atoms with Gasteiger partial charge < -0.3 is 14.2 Å². The summed E-state index contributed by atoms with van der Waals surface area (Å²) in [4.78, 5) is 0. The second-order valence-electron chi connectivity index (χ2n) is 6.09. The Morgan fingerprint density at radius 1 is 0.821 bits per heavy atom. The third kappa shape index (κ3) is 4.72. The lowest BCUT2D eigenvalue weighted by molar-refractivity contribution is 0.306. The van der Waals surface area contributed by atoms with Gasteiger partial charge in [-0.1, -0.05) is 42.5 Å². The lowest BCUT2D eigenvalue weighted by Crippen LogP contribution is -1.97. The van der Waals surface area contributed by atoms with Gasteiger partial charge in [0, 0.05) is 12.1 Å². The number of methoxy groups -OCH3 is 2. The molecule has 140 valence electrons. The van der Waals surface area contributed by atoms with Crippen LogP contribution in [0.5, 0.6) is 17.2 Å². The van der Waals surface area contributed by atoms with E-state index in [-0.39, 0.29) is 0 Å². The molecule has 0 amide bonds. The molecular formula is C24H21NO3. The minimum Gasteiger partial charge on any atom is -0.497 e. The summed E-state index contributed by atoms with van der Waals surface area (Å²) in [5, 5.41) is 9.31. The fourth-order valence-electron chi connectivity index (χ4n) is 2.86. The first-order valence-corrected chi connectivity index (χ1v) is 8.84. The van der Waals surface area contributed by atoms with Gasteiger partial charge in [0.05, 0.1) is 20.3 Å². The van der Waals surface area contributed by atoms with E-state index < -0.39 is 0 Å². The summed E-state index contributed by atoms with van der Waals surface area (Å²) in [6.45, 7) is 0.481. The van der Waals surface area contributed by atoms with E-state index in [0.29, 0.717) is 18.1 Å². The molecule has 3 aromatic carbocycles. The van der Waals surface area contributed by atoms with Gasteiger partial charge in [-0.25, -0.2) is 0 Å². The second-order valence-corrected chi connectivity index (χ2v) is 6.09. The van der Waals surface area contributed by atoms with Crippen LogP contribution in [-0.2, 0) is 6.61 Å². The average Bonchev–Trinajstić information content (AvgIpc) is 2.76. The summed E-state index contributed by atoms with van der Waals surface area (Å²) in [5.41, 5.74) is 3.57. The van der Waals surface area contributed by atoms with Gasteiger partial charge in [-0.05, 0) is 46.5 Å². The molecule has 0 saturated carbocycles. The number of nitriles is 1. The molecule has 0 heterocycles. The molecule has 0 saturated heterocycles. The van der Waals surface area contributed by atoms with Crippen molar-refractivity contribution in [1.29, 1.82) is 5.26 Å². The van der Waals surface area contributed by atoms with Crippen LogP contribution in [0.2, 0.25) is 0 Å². The Hall–Kier alpha value is -3.71. The van der Waals surface area contributed by atoms with Crippen molar-refractivity contribution in [1.82, 2.24) is 0 Å². The molecule has 0 atom stereocenters. The van der Waals surface area contributed by atoms with Crippen LogP contribution in [0.1, 0.15) is 16.7 Å². The molecule has 28 heavy (non-hydrogen) atoms. The van der Waals surface area contributed by atoms with Crippen molar-refractivity contribution < 1.29 is 14.2 Å². The van der Waals surface area contributed by atoms with Crippen molar-refractivity contribution in [3.05, 3.63) is 95.6 Å². The maximum absolute atomic E-state index is 9.31. The first-order chi connectivity index (χ1) is 13.7. The van der Waals surface area contributed by atoms with Gasteiger partial charge in [0.15, 0.2) is 0 Å². The van der Waals surface area contributed by atoms with Crippen LogP contribution < -0.4 is 14.2 Å². The predicted molar refractivity (Wildman–Crippen MR) is 109 cm³/mol. The molecule has 0 fully saturated rings. The van der Waals surface area contributed by atoms with Crippen LogP contribution in [0.4, 0.5) is 0 Å². The molecule has 0 N–H and O–H groups in total. The van der Waals surface area contributed by atoms with Gasteiger partial charge in [0.25, 0.3) is 0 Å². The largest absolute Gasteiger partial charge is 0.497 e.